The van der Waals surface area contributed by atoms with Gasteiger partial charge in [-0.25, -0.2) is 8.42 Å². The van der Waals surface area contributed by atoms with Crippen LogP contribution in [0.15, 0.2) is 53.7 Å². The van der Waals surface area contributed by atoms with E-state index in [4.69, 9.17) is 0 Å². The molecule has 0 fully saturated rings. The van der Waals surface area contributed by atoms with Gasteiger partial charge in [0.1, 0.15) is 6.04 Å². The van der Waals surface area contributed by atoms with E-state index < -0.39 is 16.1 Å². The van der Waals surface area contributed by atoms with E-state index in [9.17, 15) is 13.2 Å². The number of nitrogens with zero attached hydrogens (tertiary/aromatic N) is 1. The SMILES string of the molecule is CCC(NS(=O)(=O)c1ccc(C)cc1)C(=O)NCc1cccnc1. The molecule has 2 aromatic rings. The standard InChI is InChI=1S/C17H21N3O3S/c1-3-16(17(21)19-12-14-5-4-10-18-11-14)20-24(22,23)15-8-6-13(2)7-9-15/h4-11,16,20H,3,12H2,1-2H3,(H,19,21). The number of amides is 1. The van der Waals surface area contributed by atoms with Gasteiger partial charge < -0.3 is 5.32 Å². The number of hydrogen-bond acceptors (Lipinski definition) is 4. The van der Waals surface area contributed by atoms with Gasteiger partial charge in [0.05, 0.1) is 4.90 Å². The summed E-state index contributed by atoms with van der Waals surface area (Å²) in [5, 5.41) is 2.73. The number of aromatic nitrogens is 1. The minimum atomic E-state index is -3.74. The van der Waals surface area contributed by atoms with Crippen LogP contribution in [0.4, 0.5) is 0 Å². The fourth-order valence-corrected chi connectivity index (χ4v) is 3.39. The maximum absolute atomic E-state index is 12.4. The van der Waals surface area contributed by atoms with Gasteiger partial charge in [-0.2, -0.15) is 4.72 Å². The smallest absolute Gasteiger partial charge is 0.241 e. The zero-order chi connectivity index (χ0) is 17.6. The monoisotopic (exact) mass is 347 g/mol. The Bertz CT molecular complexity index is 774. The molecule has 24 heavy (non-hydrogen) atoms. The quantitative estimate of drug-likeness (QED) is 0.799. The van der Waals surface area contributed by atoms with Gasteiger partial charge in [0.15, 0.2) is 0 Å². The van der Waals surface area contributed by atoms with E-state index in [-0.39, 0.29) is 10.8 Å². The van der Waals surface area contributed by atoms with Crippen LogP contribution in [0, 0.1) is 6.92 Å². The van der Waals surface area contributed by atoms with Crippen LogP contribution < -0.4 is 10.0 Å². The molecule has 0 saturated heterocycles. The molecule has 128 valence electrons. The molecule has 2 rings (SSSR count). The van der Waals surface area contributed by atoms with Crippen molar-refractivity contribution in [1.82, 2.24) is 15.0 Å². The number of carbonyl (C=O) groups excluding carboxylic acids is 1. The van der Waals surface area contributed by atoms with Crippen LogP contribution in [0.3, 0.4) is 0 Å². The summed E-state index contributed by atoms with van der Waals surface area (Å²) in [6.45, 7) is 3.94. The molecule has 1 aromatic carbocycles. The number of pyridine rings is 1. The van der Waals surface area contributed by atoms with E-state index in [1.807, 2.05) is 13.0 Å². The molecule has 0 aliphatic rings. The highest BCUT2D eigenvalue weighted by atomic mass is 32.2. The van der Waals surface area contributed by atoms with Crippen molar-refractivity contribution in [2.24, 2.45) is 0 Å². The minimum absolute atomic E-state index is 0.145. The third-order valence-electron chi connectivity index (χ3n) is 3.54. The molecule has 1 amide bonds. The van der Waals surface area contributed by atoms with E-state index in [1.54, 1.807) is 37.5 Å². The zero-order valence-corrected chi connectivity index (χ0v) is 14.5. The second-order valence-corrected chi connectivity index (χ2v) is 7.19. The number of carbonyl (C=O) groups is 1. The molecular weight excluding hydrogens is 326 g/mol. The fourth-order valence-electron chi connectivity index (χ4n) is 2.11. The van der Waals surface area contributed by atoms with Gasteiger partial charge in [-0.3, -0.25) is 9.78 Å². The number of benzene rings is 1. The van der Waals surface area contributed by atoms with Crippen molar-refractivity contribution in [2.75, 3.05) is 0 Å². The summed E-state index contributed by atoms with van der Waals surface area (Å²) in [6, 6.07) is 9.28. The first kappa shape index (κ1) is 18.1. The van der Waals surface area contributed by atoms with Gasteiger partial charge >= 0.3 is 0 Å². The average molecular weight is 347 g/mol. The third kappa shape index (κ3) is 4.87. The molecule has 0 spiro atoms. The molecule has 0 saturated carbocycles. The summed E-state index contributed by atoms with van der Waals surface area (Å²) in [6.07, 6.45) is 3.65. The molecule has 1 heterocycles. The maximum atomic E-state index is 12.4. The molecule has 0 bridgehead atoms. The summed E-state index contributed by atoms with van der Waals surface area (Å²) in [4.78, 5) is 16.4. The van der Waals surface area contributed by atoms with Gasteiger partial charge in [0.25, 0.3) is 0 Å². The number of sulfonamides is 1. The predicted molar refractivity (Wildman–Crippen MR) is 91.7 cm³/mol. The fraction of sp³-hybridized carbons (Fsp3) is 0.294. The first-order chi connectivity index (χ1) is 11.4. The van der Waals surface area contributed by atoms with Crippen molar-refractivity contribution in [2.45, 2.75) is 37.8 Å². The second kappa shape index (κ2) is 8.03. The summed E-state index contributed by atoms with van der Waals surface area (Å²) in [5.41, 5.74) is 1.82. The van der Waals surface area contributed by atoms with Crippen molar-refractivity contribution in [1.29, 1.82) is 0 Å². The van der Waals surface area contributed by atoms with E-state index in [0.29, 0.717) is 13.0 Å². The van der Waals surface area contributed by atoms with Gasteiger partial charge in [0.2, 0.25) is 15.9 Å². The van der Waals surface area contributed by atoms with Crippen molar-refractivity contribution in [3.8, 4) is 0 Å². The lowest BCUT2D eigenvalue weighted by Crippen LogP contribution is -2.46. The van der Waals surface area contributed by atoms with Crippen LogP contribution in [-0.4, -0.2) is 25.4 Å². The van der Waals surface area contributed by atoms with Crippen LogP contribution in [0.25, 0.3) is 0 Å². The second-order valence-electron chi connectivity index (χ2n) is 5.47. The summed E-state index contributed by atoms with van der Waals surface area (Å²) in [5.74, 6) is -0.364. The maximum Gasteiger partial charge on any atom is 0.241 e. The molecule has 7 heteroatoms. The van der Waals surface area contributed by atoms with Crippen LogP contribution in [0.5, 0.6) is 0 Å². The Labute approximate surface area is 142 Å². The van der Waals surface area contributed by atoms with E-state index >= 15 is 0 Å². The Morgan fingerprint density at radius 3 is 2.50 bits per heavy atom. The van der Waals surface area contributed by atoms with Gasteiger partial charge in [-0.1, -0.05) is 30.7 Å². The first-order valence-corrected chi connectivity index (χ1v) is 9.16. The Morgan fingerprint density at radius 1 is 1.21 bits per heavy atom. The lowest BCUT2D eigenvalue weighted by atomic mass is 10.2. The topological polar surface area (TPSA) is 88.2 Å². The molecule has 0 radical (unpaired) electrons. The first-order valence-electron chi connectivity index (χ1n) is 7.68. The third-order valence-corrected chi connectivity index (χ3v) is 5.03. The molecule has 1 atom stereocenters. The highest BCUT2D eigenvalue weighted by molar-refractivity contribution is 7.89. The highest BCUT2D eigenvalue weighted by Gasteiger charge is 2.24. The lowest BCUT2D eigenvalue weighted by Gasteiger charge is -2.17. The van der Waals surface area contributed by atoms with Crippen LogP contribution in [0.2, 0.25) is 0 Å². The lowest BCUT2D eigenvalue weighted by molar-refractivity contribution is -0.122. The zero-order valence-electron chi connectivity index (χ0n) is 13.7. The summed E-state index contributed by atoms with van der Waals surface area (Å²) >= 11 is 0. The van der Waals surface area contributed by atoms with Gasteiger partial charge in [-0.05, 0) is 37.1 Å². The van der Waals surface area contributed by atoms with Crippen LogP contribution in [-0.2, 0) is 21.4 Å². The van der Waals surface area contributed by atoms with Gasteiger partial charge in [0, 0.05) is 18.9 Å². The molecule has 0 aliphatic carbocycles. The van der Waals surface area contributed by atoms with E-state index in [2.05, 4.69) is 15.0 Å². The van der Waals surface area contributed by atoms with Crippen LogP contribution in [0.1, 0.15) is 24.5 Å². The molecule has 1 unspecified atom stereocenters. The number of aryl methyl sites for hydroxylation is 1. The van der Waals surface area contributed by atoms with Crippen molar-refractivity contribution < 1.29 is 13.2 Å². The van der Waals surface area contributed by atoms with Crippen LogP contribution >= 0.6 is 0 Å². The minimum Gasteiger partial charge on any atom is -0.351 e. The van der Waals surface area contributed by atoms with E-state index in [0.717, 1.165) is 11.1 Å². The molecule has 6 nitrogen and oxygen atoms in total. The highest BCUT2D eigenvalue weighted by Crippen LogP contribution is 2.11. The number of nitrogens with one attached hydrogen (secondary N) is 2. The van der Waals surface area contributed by atoms with Crippen molar-refractivity contribution in [3.05, 3.63) is 59.9 Å². The van der Waals surface area contributed by atoms with Crippen molar-refractivity contribution >= 4 is 15.9 Å². The van der Waals surface area contributed by atoms with E-state index in [1.165, 1.54) is 12.1 Å². The predicted octanol–water partition coefficient (Wildman–Crippen LogP) is 1.76. The van der Waals surface area contributed by atoms with Crippen molar-refractivity contribution in [3.63, 3.8) is 0 Å². The summed E-state index contributed by atoms with van der Waals surface area (Å²) in [7, 11) is -3.74. The number of hydrogen-bond donors (Lipinski definition) is 2. The molecule has 0 aliphatic heterocycles. The normalized spacial score (nSPS) is 12.6. The Kier molecular flexibility index (Phi) is 6.05. The molecule has 1 aromatic heterocycles. The largest absolute Gasteiger partial charge is 0.351 e. The average Bonchev–Trinajstić information content (AvgIpc) is 2.59. The molecule has 2 N–H and O–H groups in total. The summed E-state index contributed by atoms with van der Waals surface area (Å²) < 4.78 is 27.2. The van der Waals surface area contributed by atoms with Gasteiger partial charge in [-0.15, -0.1) is 0 Å². The Balaban J connectivity index is 2.02. The molecular formula is C17H21N3O3S. The number of rotatable bonds is 7. The Hall–Kier alpha value is -2.25. The Morgan fingerprint density at radius 2 is 1.92 bits per heavy atom.